The highest BCUT2D eigenvalue weighted by Crippen LogP contribution is 2.26. The molecule has 0 saturated heterocycles. The van der Waals surface area contributed by atoms with E-state index < -0.39 is 17.4 Å². The molecule has 0 spiro atoms. The monoisotopic (exact) mass is 342 g/mol. The van der Waals surface area contributed by atoms with Gasteiger partial charge in [-0.15, -0.1) is 0 Å². The molecular weight excluding hydrogens is 316 g/mol. The quantitative estimate of drug-likeness (QED) is 0.847. The lowest BCUT2D eigenvalue weighted by atomic mass is 9.86. The Bertz CT molecular complexity index is 801. The summed E-state index contributed by atoms with van der Waals surface area (Å²) in [6, 6.07) is 11.7. The van der Waals surface area contributed by atoms with Gasteiger partial charge in [-0.3, -0.25) is 9.59 Å². The van der Waals surface area contributed by atoms with Crippen molar-refractivity contribution in [2.75, 3.05) is 7.11 Å². The molecule has 0 radical (unpaired) electrons. The number of ether oxygens (including phenoxy) is 1. The molecule has 0 saturated carbocycles. The van der Waals surface area contributed by atoms with Gasteiger partial charge in [0.25, 0.3) is 0 Å². The molecule has 2 aromatic rings. The number of amides is 2. The molecule has 0 aliphatic heterocycles. The largest absolute Gasteiger partial charge is 0.497 e. The molecule has 2 rings (SSSR count). The average Bonchev–Trinajstić information content (AvgIpc) is 2.59. The summed E-state index contributed by atoms with van der Waals surface area (Å²) in [5, 5.41) is 4.89. The van der Waals surface area contributed by atoms with Crippen LogP contribution in [-0.4, -0.2) is 24.5 Å². The summed E-state index contributed by atoms with van der Waals surface area (Å²) in [7, 11) is 1.63. The first-order valence-corrected chi connectivity index (χ1v) is 8.38. The van der Waals surface area contributed by atoms with Crippen molar-refractivity contribution in [1.29, 1.82) is 0 Å². The highest BCUT2D eigenvalue weighted by atomic mass is 16.5. The zero-order valence-electron chi connectivity index (χ0n) is 15.4. The lowest BCUT2D eigenvalue weighted by Gasteiger charge is -2.32. The highest BCUT2D eigenvalue weighted by molar-refractivity contribution is 5.93. The smallest absolute Gasteiger partial charge is 0.243 e. The SMILES string of the molecule is COc1ccc2cc(C(C)C(=O)NC(C)(C(N)=O)C(C)C)ccc2c1. The summed E-state index contributed by atoms with van der Waals surface area (Å²) >= 11 is 0. The molecule has 0 bridgehead atoms. The zero-order chi connectivity index (χ0) is 18.8. The maximum atomic E-state index is 12.7. The molecule has 134 valence electrons. The van der Waals surface area contributed by atoms with E-state index in [1.54, 1.807) is 14.0 Å². The molecule has 2 amide bonds. The number of fused-ring (bicyclic) bond motifs is 1. The number of nitrogens with one attached hydrogen (secondary N) is 1. The summed E-state index contributed by atoms with van der Waals surface area (Å²) < 4.78 is 5.23. The molecule has 2 unspecified atom stereocenters. The van der Waals surface area contributed by atoms with Crippen LogP contribution in [0.3, 0.4) is 0 Å². The second kappa shape index (κ2) is 7.13. The summed E-state index contributed by atoms with van der Waals surface area (Å²) in [6.07, 6.45) is 0. The van der Waals surface area contributed by atoms with Crippen LogP contribution in [0, 0.1) is 5.92 Å². The van der Waals surface area contributed by atoms with Gasteiger partial charge in [-0.1, -0.05) is 38.1 Å². The van der Waals surface area contributed by atoms with E-state index in [4.69, 9.17) is 10.5 Å². The maximum Gasteiger partial charge on any atom is 0.243 e. The molecule has 0 aromatic heterocycles. The first-order valence-electron chi connectivity index (χ1n) is 8.38. The van der Waals surface area contributed by atoms with Gasteiger partial charge < -0.3 is 15.8 Å². The van der Waals surface area contributed by atoms with E-state index in [-0.39, 0.29) is 11.8 Å². The van der Waals surface area contributed by atoms with Crippen molar-refractivity contribution < 1.29 is 14.3 Å². The van der Waals surface area contributed by atoms with Gasteiger partial charge in [0, 0.05) is 0 Å². The van der Waals surface area contributed by atoms with E-state index in [2.05, 4.69) is 5.32 Å². The van der Waals surface area contributed by atoms with Gasteiger partial charge in [-0.2, -0.15) is 0 Å². The van der Waals surface area contributed by atoms with Gasteiger partial charge in [0.1, 0.15) is 11.3 Å². The fourth-order valence-electron chi connectivity index (χ4n) is 2.64. The second-order valence-electron chi connectivity index (χ2n) is 6.90. The molecule has 0 aliphatic carbocycles. The molecule has 25 heavy (non-hydrogen) atoms. The van der Waals surface area contributed by atoms with Gasteiger partial charge in [0.05, 0.1) is 13.0 Å². The van der Waals surface area contributed by atoms with Crippen LogP contribution in [0.4, 0.5) is 0 Å². The van der Waals surface area contributed by atoms with E-state index >= 15 is 0 Å². The first kappa shape index (κ1) is 18.8. The molecule has 3 N–H and O–H groups in total. The van der Waals surface area contributed by atoms with Crippen molar-refractivity contribution in [2.45, 2.75) is 39.2 Å². The van der Waals surface area contributed by atoms with Crippen LogP contribution >= 0.6 is 0 Å². The van der Waals surface area contributed by atoms with E-state index in [0.29, 0.717) is 0 Å². The number of methoxy groups -OCH3 is 1. The number of hydrogen-bond donors (Lipinski definition) is 2. The van der Waals surface area contributed by atoms with Crippen LogP contribution in [0.15, 0.2) is 36.4 Å². The Balaban J connectivity index is 2.27. The third kappa shape index (κ3) is 3.76. The summed E-state index contributed by atoms with van der Waals surface area (Å²) in [5.74, 6) is -0.467. The fraction of sp³-hybridized carbons (Fsp3) is 0.400. The normalized spacial score (nSPS) is 14.8. The minimum Gasteiger partial charge on any atom is -0.497 e. The van der Waals surface area contributed by atoms with Crippen molar-refractivity contribution in [1.82, 2.24) is 5.32 Å². The minimum atomic E-state index is -1.07. The minimum absolute atomic E-state index is 0.106. The second-order valence-corrected chi connectivity index (χ2v) is 6.90. The van der Waals surface area contributed by atoms with Crippen molar-refractivity contribution in [3.63, 3.8) is 0 Å². The van der Waals surface area contributed by atoms with Crippen molar-refractivity contribution in [3.05, 3.63) is 42.0 Å². The molecule has 2 aromatic carbocycles. The summed E-state index contributed by atoms with van der Waals surface area (Å²) in [4.78, 5) is 24.5. The average molecular weight is 342 g/mol. The van der Waals surface area contributed by atoms with Gasteiger partial charge in [-0.05, 0) is 48.2 Å². The van der Waals surface area contributed by atoms with Crippen LogP contribution in [0.5, 0.6) is 5.75 Å². The lowest BCUT2D eigenvalue weighted by molar-refractivity contribution is -0.133. The van der Waals surface area contributed by atoms with Crippen LogP contribution in [0.25, 0.3) is 10.8 Å². The van der Waals surface area contributed by atoms with Gasteiger partial charge in [0.2, 0.25) is 11.8 Å². The van der Waals surface area contributed by atoms with Crippen LogP contribution in [0.2, 0.25) is 0 Å². The molecule has 2 atom stereocenters. The topological polar surface area (TPSA) is 81.4 Å². The predicted molar refractivity (Wildman–Crippen MR) is 99.5 cm³/mol. The Hall–Kier alpha value is -2.56. The Kier molecular flexibility index (Phi) is 5.36. The van der Waals surface area contributed by atoms with Crippen LogP contribution in [-0.2, 0) is 9.59 Å². The highest BCUT2D eigenvalue weighted by Gasteiger charge is 2.37. The van der Waals surface area contributed by atoms with Crippen molar-refractivity contribution >= 4 is 22.6 Å². The molecule has 5 nitrogen and oxygen atoms in total. The zero-order valence-corrected chi connectivity index (χ0v) is 15.4. The van der Waals surface area contributed by atoms with E-state index in [0.717, 1.165) is 22.1 Å². The third-order valence-corrected chi connectivity index (χ3v) is 5.01. The maximum absolute atomic E-state index is 12.7. The number of hydrogen-bond acceptors (Lipinski definition) is 3. The summed E-state index contributed by atoms with van der Waals surface area (Å²) in [5.41, 5.74) is 5.30. The van der Waals surface area contributed by atoms with Gasteiger partial charge in [0.15, 0.2) is 0 Å². The van der Waals surface area contributed by atoms with Crippen molar-refractivity contribution in [3.8, 4) is 5.75 Å². The molecular formula is C20H26N2O3. The molecule has 5 heteroatoms. The number of carbonyl (C=O) groups excluding carboxylic acids is 2. The molecule has 0 fully saturated rings. The third-order valence-electron chi connectivity index (χ3n) is 5.01. The standard InChI is InChI=1S/C20H26N2O3/c1-12(2)20(4,19(21)24)22-18(23)13(3)14-6-7-16-11-17(25-5)9-8-15(16)10-14/h6-13H,1-5H3,(H2,21,24)(H,22,23). The van der Waals surface area contributed by atoms with Gasteiger partial charge >= 0.3 is 0 Å². The first-order chi connectivity index (χ1) is 11.7. The number of primary amides is 1. The van der Waals surface area contributed by atoms with E-state index in [1.165, 1.54) is 0 Å². The number of benzene rings is 2. The number of carbonyl (C=O) groups is 2. The number of rotatable bonds is 6. The van der Waals surface area contributed by atoms with Crippen molar-refractivity contribution in [2.24, 2.45) is 11.7 Å². The van der Waals surface area contributed by atoms with Gasteiger partial charge in [-0.25, -0.2) is 0 Å². The van der Waals surface area contributed by atoms with E-state index in [1.807, 2.05) is 57.2 Å². The fourth-order valence-corrected chi connectivity index (χ4v) is 2.64. The predicted octanol–water partition coefficient (Wildman–Crippen LogP) is 2.97. The Morgan fingerprint density at radius 2 is 1.68 bits per heavy atom. The number of nitrogens with two attached hydrogens (primary N) is 1. The molecule has 0 heterocycles. The Morgan fingerprint density at radius 3 is 2.24 bits per heavy atom. The Labute approximate surface area is 148 Å². The summed E-state index contributed by atoms with van der Waals surface area (Å²) in [6.45, 7) is 7.21. The Morgan fingerprint density at radius 1 is 1.08 bits per heavy atom. The lowest BCUT2D eigenvalue weighted by Crippen LogP contribution is -2.59. The van der Waals surface area contributed by atoms with Crippen LogP contribution < -0.4 is 15.8 Å². The molecule has 0 aliphatic rings. The van der Waals surface area contributed by atoms with Crippen LogP contribution in [0.1, 0.15) is 39.2 Å². The van der Waals surface area contributed by atoms with E-state index in [9.17, 15) is 9.59 Å².